The van der Waals surface area contributed by atoms with Crippen LogP contribution in [0.15, 0.2) is 18.2 Å². The summed E-state index contributed by atoms with van der Waals surface area (Å²) in [4.78, 5) is 25.7. The van der Waals surface area contributed by atoms with Gasteiger partial charge in [0.25, 0.3) is 0 Å². The number of benzene rings is 1. The minimum absolute atomic E-state index is 0.0175. The van der Waals surface area contributed by atoms with E-state index in [2.05, 4.69) is 0 Å². The van der Waals surface area contributed by atoms with Gasteiger partial charge in [-0.3, -0.25) is 0 Å². The first-order valence-electron chi connectivity index (χ1n) is 7.98. The van der Waals surface area contributed by atoms with Crippen LogP contribution in [0.2, 0.25) is 0 Å². The van der Waals surface area contributed by atoms with Gasteiger partial charge in [0.1, 0.15) is 5.60 Å². The molecule has 1 aliphatic carbocycles. The van der Waals surface area contributed by atoms with Crippen molar-refractivity contribution in [1.29, 1.82) is 0 Å². The quantitative estimate of drug-likeness (QED) is 0.797. The lowest BCUT2D eigenvalue weighted by Crippen LogP contribution is -2.36. The van der Waals surface area contributed by atoms with E-state index in [0.29, 0.717) is 12.2 Å². The molecule has 0 aliphatic heterocycles. The molecular formula is C18H25NO4. The zero-order chi connectivity index (χ0) is 17.2. The Labute approximate surface area is 137 Å². The lowest BCUT2D eigenvalue weighted by atomic mass is 10.0. The normalized spacial score (nSPS) is 16.7. The number of nitrogens with zero attached hydrogens (tertiary/aromatic N) is 1. The fraction of sp³-hybridized carbons (Fsp3) is 0.556. The summed E-state index contributed by atoms with van der Waals surface area (Å²) >= 11 is 0. The van der Waals surface area contributed by atoms with Crippen LogP contribution in [0.25, 0.3) is 0 Å². The molecule has 0 aromatic heterocycles. The van der Waals surface area contributed by atoms with Crippen LogP contribution in [0.5, 0.6) is 0 Å². The van der Waals surface area contributed by atoms with Crippen molar-refractivity contribution in [3.8, 4) is 0 Å². The summed E-state index contributed by atoms with van der Waals surface area (Å²) in [6.07, 6.45) is 1.34. The Morgan fingerprint density at radius 2 is 2.00 bits per heavy atom. The zero-order valence-electron chi connectivity index (χ0n) is 14.5. The van der Waals surface area contributed by atoms with Crippen LogP contribution in [0.1, 0.15) is 61.6 Å². The number of amides is 1. The zero-order valence-corrected chi connectivity index (χ0v) is 14.5. The van der Waals surface area contributed by atoms with E-state index in [-0.39, 0.29) is 18.1 Å². The third-order valence-corrected chi connectivity index (χ3v) is 3.85. The smallest absolute Gasteiger partial charge is 0.410 e. The SMILES string of the molecule is CCOC(=O)c1ccc2c(c1)CC[C@@H]2N(C)C(=O)OC(C)(C)C. The van der Waals surface area contributed by atoms with Crippen LogP contribution in [-0.4, -0.2) is 36.2 Å². The highest BCUT2D eigenvalue weighted by atomic mass is 16.6. The molecule has 126 valence electrons. The molecule has 0 heterocycles. The molecule has 0 saturated carbocycles. The topological polar surface area (TPSA) is 55.8 Å². The van der Waals surface area contributed by atoms with Gasteiger partial charge in [-0.2, -0.15) is 0 Å². The van der Waals surface area contributed by atoms with Gasteiger partial charge in [0.05, 0.1) is 18.2 Å². The molecule has 0 bridgehead atoms. The number of fused-ring (bicyclic) bond motifs is 1. The Morgan fingerprint density at radius 3 is 2.61 bits per heavy atom. The number of hydrogen-bond acceptors (Lipinski definition) is 4. The van der Waals surface area contributed by atoms with Crippen LogP contribution in [0.4, 0.5) is 4.79 Å². The van der Waals surface area contributed by atoms with E-state index < -0.39 is 5.60 Å². The van der Waals surface area contributed by atoms with Crippen LogP contribution >= 0.6 is 0 Å². The first kappa shape index (κ1) is 17.3. The van der Waals surface area contributed by atoms with Gasteiger partial charge in [0.2, 0.25) is 0 Å². The third-order valence-electron chi connectivity index (χ3n) is 3.85. The molecular weight excluding hydrogens is 294 g/mol. The van der Waals surface area contributed by atoms with Gasteiger partial charge in [-0.1, -0.05) is 6.07 Å². The number of rotatable bonds is 3. The number of aryl methyl sites for hydroxylation is 1. The number of hydrogen-bond donors (Lipinski definition) is 0. The number of ether oxygens (including phenoxy) is 2. The molecule has 23 heavy (non-hydrogen) atoms. The molecule has 2 rings (SSSR count). The first-order valence-corrected chi connectivity index (χ1v) is 7.98. The highest BCUT2D eigenvalue weighted by Gasteiger charge is 2.31. The summed E-state index contributed by atoms with van der Waals surface area (Å²) < 4.78 is 10.5. The maximum Gasteiger partial charge on any atom is 0.410 e. The van der Waals surface area contributed by atoms with Gasteiger partial charge in [-0.05, 0) is 63.8 Å². The standard InChI is InChI=1S/C18H25NO4/c1-6-22-16(20)13-7-9-14-12(11-13)8-10-15(14)19(5)17(21)23-18(2,3)4/h7,9,11,15H,6,8,10H2,1-5H3/t15-/m0/s1. The summed E-state index contributed by atoms with van der Waals surface area (Å²) in [5, 5.41) is 0. The molecule has 0 saturated heterocycles. The average Bonchev–Trinajstić information content (AvgIpc) is 2.87. The largest absolute Gasteiger partial charge is 0.462 e. The number of carbonyl (C=O) groups excluding carboxylic acids is 2. The second-order valence-electron chi connectivity index (χ2n) is 6.78. The molecule has 5 nitrogen and oxygen atoms in total. The predicted octanol–water partition coefficient (Wildman–Crippen LogP) is 3.72. The molecule has 0 N–H and O–H groups in total. The number of carbonyl (C=O) groups is 2. The fourth-order valence-electron chi connectivity index (χ4n) is 2.80. The van der Waals surface area contributed by atoms with Crippen LogP contribution in [0.3, 0.4) is 0 Å². The predicted molar refractivity (Wildman–Crippen MR) is 87.5 cm³/mol. The van der Waals surface area contributed by atoms with Crippen molar-refractivity contribution >= 4 is 12.1 Å². The van der Waals surface area contributed by atoms with Gasteiger partial charge in [0.15, 0.2) is 0 Å². The Hall–Kier alpha value is -2.04. The van der Waals surface area contributed by atoms with E-state index in [1.54, 1.807) is 24.9 Å². The van der Waals surface area contributed by atoms with Gasteiger partial charge in [-0.25, -0.2) is 9.59 Å². The van der Waals surface area contributed by atoms with Crippen molar-refractivity contribution in [2.75, 3.05) is 13.7 Å². The van der Waals surface area contributed by atoms with E-state index in [0.717, 1.165) is 24.0 Å². The van der Waals surface area contributed by atoms with Crippen LogP contribution < -0.4 is 0 Å². The molecule has 0 radical (unpaired) electrons. The van der Waals surface area contributed by atoms with E-state index in [9.17, 15) is 9.59 Å². The Morgan fingerprint density at radius 1 is 1.30 bits per heavy atom. The monoisotopic (exact) mass is 319 g/mol. The van der Waals surface area contributed by atoms with Gasteiger partial charge in [0, 0.05) is 7.05 Å². The fourth-order valence-corrected chi connectivity index (χ4v) is 2.80. The van der Waals surface area contributed by atoms with E-state index in [4.69, 9.17) is 9.47 Å². The highest BCUT2D eigenvalue weighted by Crippen LogP contribution is 2.36. The third kappa shape index (κ3) is 4.03. The molecule has 0 fully saturated rings. The maximum absolute atomic E-state index is 12.2. The maximum atomic E-state index is 12.2. The molecule has 1 aromatic rings. The lowest BCUT2D eigenvalue weighted by molar-refractivity contribution is 0.0220. The molecule has 0 spiro atoms. The molecule has 1 aromatic carbocycles. The summed E-state index contributed by atoms with van der Waals surface area (Å²) in [7, 11) is 1.76. The van der Waals surface area contributed by atoms with Crippen LogP contribution in [-0.2, 0) is 15.9 Å². The van der Waals surface area contributed by atoms with Crippen LogP contribution in [0, 0.1) is 0 Å². The summed E-state index contributed by atoms with van der Waals surface area (Å²) in [6.45, 7) is 7.71. The summed E-state index contributed by atoms with van der Waals surface area (Å²) in [6, 6.07) is 5.53. The van der Waals surface area contributed by atoms with Crippen molar-refractivity contribution < 1.29 is 19.1 Å². The summed E-state index contributed by atoms with van der Waals surface area (Å²) in [5.74, 6) is -0.306. The van der Waals surface area contributed by atoms with Crippen molar-refractivity contribution in [3.63, 3.8) is 0 Å². The second kappa shape index (κ2) is 6.60. The number of esters is 1. The average molecular weight is 319 g/mol. The molecule has 1 atom stereocenters. The minimum Gasteiger partial charge on any atom is -0.462 e. The second-order valence-corrected chi connectivity index (χ2v) is 6.78. The van der Waals surface area contributed by atoms with E-state index >= 15 is 0 Å². The minimum atomic E-state index is -0.513. The van der Waals surface area contributed by atoms with Crippen molar-refractivity contribution in [1.82, 2.24) is 4.90 Å². The van der Waals surface area contributed by atoms with E-state index in [1.165, 1.54) is 0 Å². The molecule has 1 amide bonds. The van der Waals surface area contributed by atoms with Crippen molar-refractivity contribution in [2.24, 2.45) is 0 Å². The Balaban J connectivity index is 2.16. The molecule has 1 aliphatic rings. The molecule has 5 heteroatoms. The van der Waals surface area contributed by atoms with E-state index in [1.807, 2.05) is 32.9 Å². The molecule has 0 unspecified atom stereocenters. The highest BCUT2D eigenvalue weighted by molar-refractivity contribution is 5.89. The van der Waals surface area contributed by atoms with Gasteiger partial charge < -0.3 is 14.4 Å². The Kier molecular flexibility index (Phi) is 4.97. The summed E-state index contributed by atoms with van der Waals surface area (Å²) in [5.41, 5.74) is 2.22. The lowest BCUT2D eigenvalue weighted by Gasteiger charge is -2.29. The van der Waals surface area contributed by atoms with Crippen molar-refractivity contribution in [3.05, 3.63) is 34.9 Å². The first-order chi connectivity index (χ1) is 10.7. The van der Waals surface area contributed by atoms with Gasteiger partial charge in [-0.15, -0.1) is 0 Å². The van der Waals surface area contributed by atoms with Crippen molar-refractivity contribution in [2.45, 2.75) is 52.2 Å². The Bertz CT molecular complexity index is 604. The van der Waals surface area contributed by atoms with Gasteiger partial charge >= 0.3 is 12.1 Å².